The van der Waals surface area contributed by atoms with Crippen molar-refractivity contribution >= 4 is 6.09 Å². The first-order valence-electron chi connectivity index (χ1n) is 8.85. The molecule has 1 saturated carbocycles. The zero-order chi connectivity index (χ0) is 16.1. The molecule has 0 aromatic heterocycles. The molecule has 0 spiro atoms. The molecule has 2 aliphatic rings. The van der Waals surface area contributed by atoms with Crippen molar-refractivity contribution in [1.29, 1.82) is 0 Å². The molecule has 124 valence electrons. The van der Waals surface area contributed by atoms with E-state index in [-0.39, 0.29) is 11.6 Å². The number of benzene rings is 1. The van der Waals surface area contributed by atoms with Crippen LogP contribution in [0, 0.1) is 5.92 Å². The first-order chi connectivity index (χ1) is 11.3. The summed E-state index contributed by atoms with van der Waals surface area (Å²) in [5, 5.41) is 0. The van der Waals surface area contributed by atoms with Crippen LogP contribution in [0.2, 0.25) is 0 Å². The standard InChI is InChI=1S/C20H27NO2/c1-2-13-20-14-8-4-7-11-18(20)12-15-21(20)19(22)23-16-17-9-5-3-6-10-17/h2-3,5-6,9-10,18H,1,4,7-8,11-16H2/t18-,20-/m1/s1. The molecule has 0 bridgehead atoms. The third-order valence-electron chi connectivity index (χ3n) is 5.58. The molecule has 1 saturated heterocycles. The van der Waals surface area contributed by atoms with E-state index >= 15 is 0 Å². The number of hydrogen-bond acceptors (Lipinski definition) is 2. The van der Waals surface area contributed by atoms with E-state index in [4.69, 9.17) is 4.74 Å². The Morgan fingerprint density at radius 1 is 1.26 bits per heavy atom. The normalized spacial score (nSPS) is 27.1. The largest absolute Gasteiger partial charge is 0.445 e. The number of fused-ring (bicyclic) bond motifs is 1. The monoisotopic (exact) mass is 313 g/mol. The van der Waals surface area contributed by atoms with Gasteiger partial charge in [-0.2, -0.15) is 0 Å². The summed E-state index contributed by atoms with van der Waals surface area (Å²) in [4.78, 5) is 14.8. The molecule has 3 rings (SSSR count). The van der Waals surface area contributed by atoms with E-state index in [2.05, 4.69) is 6.58 Å². The van der Waals surface area contributed by atoms with Crippen molar-refractivity contribution in [3.8, 4) is 0 Å². The third kappa shape index (κ3) is 3.29. The first-order valence-corrected chi connectivity index (χ1v) is 8.85. The summed E-state index contributed by atoms with van der Waals surface area (Å²) in [6.45, 7) is 5.13. The molecule has 0 unspecified atom stereocenters. The molecule has 1 aromatic carbocycles. The highest BCUT2D eigenvalue weighted by molar-refractivity contribution is 5.69. The van der Waals surface area contributed by atoms with Crippen LogP contribution in [0.5, 0.6) is 0 Å². The summed E-state index contributed by atoms with van der Waals surface area (Å²) in [5.74, 6) is 0.604. The van der Waals surface area contributed by atoms with E-state index in [1.165, 1.54) is 25.7 Å². The van der Waals surface area contributed by atoms with Gasteiger partial charge in [0, 0.05) is 6.54 Å². The van der Waals surface area contributed by atoms with Crippen molar-refractivity contribution < 1.29 is 9.53 Å². The highest BCUT2D eigenvalue weighted by Crippen LogP contribution is 2.46. The van der Waals surface area contributed by atoms with Crippen molar-refractivity contribution in [2.24, 2.45) is 5.92 Å². The van der Waals surface area contributed by atoms with E-state index in [0.29, 0.717) is 12.5 Å². The molecule has 0 radical (unpaired) electrons. The van der Waals surface area contributed by atoms with Crippen molar-refractivity contribution in [2.75, 3.05) is 6.54 Å². The molecule has 1 aliphatic heterocycles. The van der Waals surface area contributed by atoms with Gasteiger partial charge in [-0.15, -0.1) is 6.58 Å². The van der Waals surface area contributed by atoms with Crippen LogP contribution in [-0.4, -0.2) is 23.1 Å². The summed E-state index contributed by atoms with van der Waals surface area (Å²) >= 11 is 0. The molecule has 3 nitrogen and oxygen atoms in total. The fourth-order valence-electron chi connectivity index (χ4n) is 4.45. The quantitative estimate of drug-likeness (QED) is 0.738. The second-order valence-corrected chi connectivity index (χ2v) is 6.87. The number of rotatable bonds is 4. The van der Waals surface area contributed by atoms with E-state index in [1.54, 1.807) is 0 Å². The predicted octanol–water partition coefficient (Wildman–Crippen LogP) is 4.92. The Balaban J connectivity index is 1.71. The topological polar surface area (TPSA) is 29.5 Å². The SMILES string of the molecule is C=CC[C@@]12CCCCC[C@@H]1CCN2C(=O)OCc1ccccc1. The number of amides is 1. The van der Waals surface area contributed by atoms with Crippen LogP contribution in [0.1, 0.15) is 50.5 Å². The van der Waals surface area contributed by atoms with Gasteiger partial charge in [-0.3, -0.25) is 0 Å². The Hall–Kier alpha value is -1.77. The van der Waals surface area contributed by atoms with Crippen molar-refractivity contribution in [1.82, 2.24) is 4.90 Å². The number of carbonyl (C=O) groups is 1. The number of ether oxygens (including phenoxy) is 1. The Morgan fingerprint density at radius 3 is 2.87 bits per heavy atom. The fraction of sp³-hybridized carbons (Fsp3) is 0.550. The molecule has 1 aliphatic carbocycles. The second-order valence-electron chi connectivity index (χ2n) is 6.87. The summed E-state index contributed by atoms with van der Waals surface area (Å²) < 4.78 is 5.63. The van der Waals surface area contributed by atoms with Gasteiger partial charge in [0.1, 0.15) is 6.61 Å². The van der Waals surface area contributed by atoms with Crippen LogP contribution in [0.4, 0.5) is 4.79 Å². The van der Waals surface area contributed by atoms with Crippen LogP contribution in [0.25, 0.3) is 0 Å². The fourth-order valence-corrected chi connectivity index (χ4v) is 4.45. The predicted molar refractivity (Wildman–Crippen MR) is 92.1 cm³/mol. The van der Waals surface area contributed by atoms with Crippen LogP contribution < -0.4 is 0 Å². The smallest absolute Gasteiger partial charge is 0.410 e. The molecule has 0 N–H and O–H groups in total. The van der Waals surface area contributed by atoms with Crippen molar-refractivity contribution in [2.45, 2.75) is 57.1 Å². The zero-order valence-electron chi connectivity index (χ0n) is 13.9. The van der Waals surface area contributed by atoms with E-state index in [9.17, 15) is 4.79 Å². The number of carbonyl (C=O) groups excluding carboxylic acids is 1. The summed E-state index contributed by atoms with van der Waals surface area (Å²) in [5.41, 5.74) is 0.988. The van der Waals surface area contributed by atoms with Crippen LogP contribution >= 0.6 is 0 Å². The minimum atomic E-state index is -0.153. The van der Waals surface area contributed by atoms with E-state index in [1.807, 2.05) is 41.3 Å². The molecule has 1 amide bonds. The molecule has 3 heteroatoms. The zero-order valence-corrected chi connectivity index (χ0v) is 13.9. The number of nitrogens with zero attached hydrogens (tertiary/aromatic N) is 1. The highest BCUT2D eigenvalue weighted by Gasteiger charge is 2.50. The third-order valence-corrected chi connectivity index (χ3v) is 5.58. The molecule has 23 heavy (non-hydrogen) atoms. The van der Waals surface area contributed by atoms with Crippen LogP contribution in [-0.2, 0) is 11.3 Å². The van der Waals surface area contributed by atoms with Gasteiger partial charge in [-0.05, 0) is 37.2 Å². The summed E-state index contributed by atoms with van der Waals surface area (Å²) in [6, 6.07) is 9.90. The van der Waals surface area contributed by atoms with Gasteiger partial charge in [0.25, 0.3) is 0 Å². The molecular weight excluding hydrogens is 286 g/mol. The maximum absolute atomic E-state index is 12.7. The lowest BCUT2D eigenvalue weighted by atomic mass is 9.78. The number of hydrogen-bond donors (Lipinski definition) is 0. The lowest BCUT2D eigenvalue weighted by molar-refractivity contribution is 0.0495. The first kappa shape index (κ1) is 16.1. The number of likely N-dealkylation sites (tertiary alicyclic amines) is 1. The molecule has 1 heterocycles. The average Bonchev–Trinajstić information content (AvgIpc) is 2.79. The Bertz CT molecular complexity index is 542. The lowest BCUT2D eigenvalue weighted by Gasteiger charge is -2.40. The van der Waals surface area contributed by atoms with Gasteiger partial charge in [-0.25, -0.2) is 4.79 Å². The lowest BCUT2D eigenvalue weighted by Crippen LogP contribution is -2.50. The van der Waals surface area contributed by atoms with Gasteiger partial charge in [-0.1, -0.05) is 55.7 Å². The molecule has 2 fully saturated rings. The maximum Gasteiger partial charge on any atom is 0.410 e. The van der Waals surface area contributed by atoms with Gasteiger partial charge >= 0.3 is 6.09 Å². The Kier molecular flexibility index (Phi) is 5.04. The summed E-state index contributed by atoms with van der Waals surface area (Å²) in [6.07, 6.45) is 9.92. The maximum atomic E-state index is 12.7. The average molecular weight is 313 g/mol. The minimum Gasteiger partial charge on any atom is -0.445 e. The van der Waals surface area contributed by atoms with Crippen LogP contribution in [0.3, 0.4) is 0 Å². The van der Waals surface area contributed by atoms with Gasteiger partial charge in [0.05, 0.1) is 5.54 Å². The molecule has 2 atom stereocenters. The molecule has 1 aromatic rings. The Labute approximate surface area is 139 Å². The van der Waals surface area contributed by atoms with Crippen molar-refractivity contribution in [3.05, 3.63) is 48.6 Å². The van der Waals surface area contributed by atoms with Gasteiger partial charge < -0.3 is 9.64 Å². The molecular formula is C20H27NO2. The Morgan fingerprint density at radius 2 is 2.09 bits per heavy atom. The minimum absolute atomic E-state index is 0.0496. The van der Waals surface area contributed by atoms with Crippen molar-refractivity contribution in [3.63, 3.8) is 0 Å². The van der Waals surface area contributed by atoms with Gasteiger partial charge in [0.15, 0.2) is 0 Å². The highest BCUT2D eigenvalue weighted by atomic mass is 16.6. The van der Waals surface area contributed by atoms with Crippen LogP contribution in [0.15, 0.2) is 43.0 Å². The van der Waals surface area contributed by atoms with E-state index in [0.717, 1.165) is 31.4 Å². The van der Waals surface area contributed by atoms with E-state index < -0.39 is 0 Å². The van der Waals surface area contributed by atoms with Gasteiger partial charge in [0.2, 0.25) is 0 Å². The second kappa shape index (κ2) is 7.20. The summed E-state index contributed by atoms with van der Waals surface area (Å²) in [7, 11) is 0.